The van der Waals surface area contributed by atoms with Gasteiger partial charge in [0.25, 0.3) is 0 Å². The number of carbonyl (C=O) groups excluding carboxylic acids is 1. The highest BCUT2D eigenvalue weighted by Gasteiger charge is 2.28. The van der Waals surface area contributed by atoms with Crippen molar-refractivity contribution in [3.63, 3.8) is 0 Å². The van der Waals surface area contributed by atoms with Crippen molar-refractivity contribution in [3.8, 4) is 0 Å². The van der Waals surface area contributed by atoms with Crippen LogP contribution >= 0.6 is 0 Å². The molecule has 1 aliphatic rings. The van der Waals surface area contributed by atoms with Crippen LogP contribution in [-0.4, -0.2) is 26.9 Å². The second kappa shape index (κ2) is 5.22. The van der Waals surface area contributed by atoms with Crippen LogP contribution in [-0.2, 0) is 4.79 Å². The van der Waals surface area contributed by atoms with Crippen molar-refractivity contribution in [2.45, 2.75) is 5.79 Å². The van der Waals surface area contributed by atoms with Gasteiger partial charge in [-0.1, -0.05) is 42.5 Å². The molecule has 0 amide bonds. The highest BCUT2D eigenvalue weighted by Crippen LogP contribution is 2.23. The molecule has 0 saturated carbocycles. The maximum absolute atomic E-state index is 11.9. The third-order valence-corrected chi connectivity index (χ3v) is 2.76. The minimum Gasteiger partial charge on any atom is -0.511 e. The second-order valence-corrected chi connectivity index (χ2v) is 4.34. The molecule has 0 aromatic heterocycles. The topological polar surface area (TPSA) is 77.8 Å². The first-order valence-corrected chi connectivity index (χ1v) is 5.81. The van der Waals surface area contributed by atoms with E-state index >= 15 is 0 Å². The highest BCUT2D eigenvalue weighted by molar-refractivity contribution is 5.98. The maximum atomic E-state index is 11.9. The first-order chi connectivity index (χ1) is 8.98. The van der Waals surface area contributed by atoms with Crippen molar-refractivity contribution >= 4 is 11.9 Å². The molecule has 0 saturated heterocycles. The summed E-state index contributed by atoms with van der Waals surface area (Å²) in [5, 5.41) is 28.1. The molecule has 0 bridgehead atoms. The predicted octanol–water partition coefficient (Wildman–Crippen LogP) is 1.58. The van der Waals surface area contributed by atoms with Gasteiger partial charge in [-0.05, 0) is 17.7 Å². The Morgan fingerprint density at radius 1 is 1.21 bits per heavy atom. The molecule has 98 valence electrons. The van der Waals surface area contributed by atoms with Gasteiger partial charge in [0.15, 0.2) is 5.78 Å². The van der Waals surface area contributed by atoms with Crippen LogP contribution in [0, 0.1) is 5.92 Å². The summed E-state index contributed by atoms with van der Waals surface area (Å²) in [5.74, 6) is -3.75. The van der Waals surface area contributed by atoms with E-state index in [0.29, 0.717) is 0 Å². The minimum atomic E-state index is -2.19. The summed E-state index contributed by atoms with van der Waals surface area (Å²) in [5.41, 5.74) is 0.873. The quantitative estimate of drug-likeness (QED) is 0.437. The van der Waals surface area contributed by atoms with Gasteiger partial charge in [0.05, 0.1) is 5.92 Å². The molecule has 0 fully saturated rings. The van der Waals surface area contributed by atoms with Crippen molar-refractivity contribution in [2.75, 3.05) is 0 Å². The molecule has 4 heteroatoms. The normalized spacial score (nSPS) is 21.4. The molecular formula is C15H14O4. The molecule has 1 aromatic carbocycles. The van der Waals surface area contributed by atoms with E-state index in [9.17, 15) is 20.1 Å². The molecular weight excluding hydrogens is 244 g/mol. The summed E-state index contributed by atoms with van der Waals surface area (Å²) in [6.45, 7) is 0. The first-order valence-electron chi connectivity index (χ1n) is 5.81. The Morgan fingerprint density at radius 3 is 2.53 bits per heavy atom. The summed E-state index contributed by atoms with van der Waals surface area (Å²) in [7, 11) is 0. The second-order valence-electron chi connectivity index (χ2n) is 4.34. The van der Waals surface area contributed by atoms with Crippen LogP contribution in [0.5, 0.6) is 0 Å². The molecule has 0 radical (unpaired) electrons. The maximum Gasteiger partial charge on any atom is 0.206 e. The van der Waals surface area contributed by atoms with Crippen molar-refractivity contribution < 1.29 is 20.1 Å². The number of hydrogen-bond donors (Lipinski definition) is 3. The SMILES string of the molecule is O=C(/C=C/c1ccccc1)C1C=CC(O)(O)C=C1O. The van der Waals surface area contributed by atoms with Gasteiger partial charge in [0, 0.05) is 6.08 Å². The number of aliphatic hydroxyl groups is 3. The molecule has 0 heterocycles. The largest absolute Gasteiger partial charge is 0.511 e. The van der Waals surface area contributed by atoms with Crippen LogP contribution < -0.4 is 0 Å². The van der Waals surface area contributed by atoms with Gasteiger partial charge >= 0.3 is 0 Å². The number of benzene rings is 1. The van der Waals surface area contributed by atoms with Crippen LogP contribution in [0.3, 0.4) is 0 Å². The summed E-state index contributed by atoms with van der Waals surface area (Å²) in [4.78, 5) is 11.9. The third kappa shape index (κ3) is 3.40. The van der Waals surface area contributed by atoms with E-state index in [4.69, 9.17) is 0 Å². The van der Waals surface area contributed by atoms with Gasteiger partial charge in [-0.2, -0.15) is 0 Å². The molecule has 1 unspecified atom stereocenters. The number of hydrogen-bond acceptors (Lipinski definition) is 4. The molecule has 0 spiro atoms. The lowest BCUT2D eigenvalue weighted by Crippen LogP contribution is -2.28. The predicted molar refractivity (Wildman–Crippen MR) is 71.0 cm³/mol. The van der Waals surface area contributed by atoms with E-state index in [1.54, 1.807) is 6.08 Å². The van der Waals surface area contributed by atoms with E-state index in [-0.39, 0.29) is 11.5 Å². The van der Waals surface area contributed by atoms with Gasteiger partial charge in [-0.3, -0.25) is 4.79 Å². The Morgan fingerprint density at radius 2 is 1.89 bits per heavy atom. The number of aliphatic hydroxyl groups excluding tert-OH is 1. The van der Waals surface area contributed by atoms with Gasteiger partial charge < -0.3 is 15.3 Å². The monoisotopic (exact) mass is 258 g/mol. The van der Waals surface area contributed by atoms with E-state index in [1.807, 2.05) is 30.3 Å². The Bertz CT molecular complexity index is 553. The first kappa shape index (κ1) is 13.3. The Kier molecular flexibility index (Phi) is 3.64. The van der Waals surface area contributed by atoms with Crippen LogP contribution in [0.2, 0.25) is 0 Å². The van der Waals surface area contributed by atoms with Crippen LogP contribution in [0.15, 0.2) is 60.4 Å². The Balaban J connectivity index is 2.10. The lowest BCUT2D eigenvalue weighted by atomic mass is 9.93. The molecule has 1 atom stereocenters. The zero-order valence-electron chi connectivity index (χ0n) is 10.1. The van der Waals surface area contributed by atoms with Gasteiger partial charge in [0.1, 0.15) is 5.76 Å². The van der Waals surface area contributed by atoms with Gasteiger partial charge in [-0.15, -0.1) is 0 Å². The number of allylic oxidation sites excluding steroid dienone is 2. The fourth-order valence-corrected chi connectivity index (χ4v) is 1.78. The van der Waals surface area contributed by atoms with E-state index < -0.39 is 11.7 Å². The minimum absolute atomic E-state index is 0.329. The average Bonchev–Trinajstić information content (AvgIpc) is 2.36. The fraction of sp³-hybridized carbons (Fsp3) is 0.133. The van der Waals surface area contributed by atoms with Crippen molar-refractivity contribution in [2.24, 2.45) is 5.92 Å². The molecule has 19 heavy (non-hydrogen) atoms. The van der Waals surface area contributed by atoms with E-state index in [1.165, 1.54) is 12.2 Å². The lowest BCUT2D eigenvalue weighted by Gasteiger charge is -2.21. The van der Waals surface area contributed by atoms with Crippen molar-refractivity contribution in [1.29, 1.82) is 0 Å². The zero-order chi connectivity index (χ0) is 13.9. The van der Waals surface area contributed by atoms with Crippen molar-refractivity contribution in [1.82, 2.24) is 0 Å². The molecule has 1 aliphatic carbocycles. The van der Waals surface area contributed by atoms with Crippen LogP contribution in [0.25, 0.3) is 6.08 Å². The number of ketones is 1. The van der Waals surface area contributed by atoms with E-state index in [0.717, 1.165) is 17.7 Å². The standard InChI is InChI=1S/C15H14O4/c16-13(7-6-11-4-2-1-3-5-11)12-8-9-15(18,19)10-14(12)17/h1-10,12,17-19H/b7-6+. The van der Waals surface area contributed by atoms with Crippen LogP contribution in [0.4, 0.5) is 0 Å². The van der Waals surface area contributed by atoms with Crippen molar-refractivity contribution in [3.05, 3.63) is 66.0 Å². The Hall–Kier alpha value is -2.17. The molecule has 1 aromatic rings. The molecule has 2 rings (SSSR count). The molecule has 3 N–H and O–H groups in total. The van der Waals surface area contributed by atoms with E-state index in [2.05, 4.69) is 0 Å². The smallest absolute Gasteiger partial charge is 0.206 e. The van der Waals surface area contributed by atoms with Crippen LogP contribution in [0.1, 0.15) is 5.56 Å². The zero-order valence-corrected chi connectivity index (χ0v) is 10.1. The number of carbonyl (C=O) groups is 1. The summed E-state index contributed by atoms with van der Waals surface area (Å²) in [6, 6.07) is 9.28. The van der Waals surface area contributed by atoms with Gasteiger partial charge in [-0.25, -0.2) is 0 Å². The molecule has 0 aliphatic heterocycles. The Labute approximate surface area is 110 Å². The summed E-state index contributed by atoms with van der Waals surface area (Å²) >= 11 is 0. The number of rotatable bonds is 3. The highest BCUT2D eigenvalue weighted by atomic mass is 16.5. The summed E-state index contributed by atoms with van der Waals surface area (Å²) < 4.78 is 0. The van der Waals surface area contributed by atoms with Gasteiger partial charge in [0.2, 0.25) is 5.79 Å². The summed E-state index contributed by atoms with van der Waals surface area (Å²) in [6.07, 6.45) is 6.17. The lowest BCUT2D eigenvalue weighted by molar-refractivity contribution is -0.117. The molecule has 4 nitrogen and oxygen atoms in total. The fourth-order valence-electron chi connectivity index (χ4n) is 1.78. The third-order valence-electron chi connectivity index (χ3n) is 2.76. The average molecular weight is 258 g/mol.